The summed E-state index contributed by atoms with van der Waals surface area (Å²) < 4.78 is 1.89. The largest absolute Gasteiger partial charge is 0.368 e. The molecule has 1 aromatic rings. The summed E-state index contributed by atoms with van der Waals surface area (Å²) in [6.07, 6.45) is 6.25. The fraction of sp³-hybridized carbons (Fsp3) is 0.800. The molecule has 5 heteroatoms. The minimum atomic E-state index is 0.457. The monoisotopic (exact) mass is 209 g/mol. The summed E-state index contributed by atoms with van der Waals surface area (Å²) in [6.45, 7) is 2.85. The van der Waals surface area contributed by atoms with Crippen LogP contribution in [0.4, 0.5) is 11.9 Å². The Morgan fingerprint density at radius 1 is 1.40 bits per heavy atom. The van der Waals surface area contributed by atoms with Gasteiger partial charge in [0.2, 0.25) is 11.9 Å². The number of nitrogen functional groups attached to an aromatic ring is 1. The van der Waals surface area contributed by atoms with Crippen LogP contribution in [0.15, 0.2) is 0 Å². The SMILES string of the molecule is CCNc1nc(N)n(C2CCCCC2)n1. The van der Waals surface area contributed by atoms with Crippen LogP contribution in [0.1, 0.15) is 45.1 Å². The van der Waals surface area contributed by atoms with Crippen LogP contribution in [0.2, 0.25) is 0 Å². The Morgan fingerprint density at radius 3 is 2.80 bits per heavy atom. The number of hydrogen-bond donors (Lipinski definition) is 2. The number of rotatable bonds is 3. The van der Waals surface area contributed by atoms with Crippen molar-refractivity contribution in [1.82, 2.24) is 14.8 Å². The van der Waals surface area contributed by atoms with Gasteiger partial charge in [-0.1, -0.05) is 19.3 Å². The van der Waals surface area contributed by atoms with Gasteiger partial charge in [0.05, 0.1) is 6.04 Å². The molecule has 1 saturated carbocycles. The molecule has 0 aromatic carbocycles. The van der Waals surface area contributed by atoms with E-state index < -0.39 is 0 Å². The summed E-state index contributed by atoms with van der Waals surface area (Å²) in [6, 6.07) is 0.457. The maximum atomic E-state index is 5.85. The third kappa shape index (κ3) is 2.22. The zero-order valence-corrected chi connectivity index (χ0v) is 9.24. The lowest BCUT2D eigenvalue weighted by Gasteiger charge is -2.21. The number of nitrogens with zero attached hydrogens (tertiary/aromatic N) is 3. The highest BCUT2D eigenvalue weighted by Crippen LogP contribution is 2.29. The third-order valence-electron chi connectivity index (χ3n) is 2.91. The second-order valence-electron chi connectivity index (χ2n) is 4.06. The van der Waals surface area contributed by atoms with Gasteiger partial charge in [0.15, 0.2) is 0 Å². The molecule has 0 amide bonds. The van der Waals surface area contributed by atoms with Crippen LogP contribution < -0.4 is 11.1 Å². The van der Waals surface area contributed by atoms with Crippen molar-refractivity contribution in [2.45, 2.75) is 45.1 Å². The van der Waals surface area contributed by atoms with Crippen LogP contribution in [0, 0.1) is 0 Å². The number of hydrogen-bond acceptors (Lipinski definition) is 4. The van der Waals surface area contributed by atoms with Crippen LogP contribution in [0.25, 0.3) is 0 Å². The smallest absolute Gasteiger partial charge is 0.243 e. The van der Waals surface area contributed by atoms with E-state index in [1.54, 1.807) is 0 Å². The second kappa shape index (κ2) is 4.51. The number of aromatic nitrogens is 3. The molecule has 0 unspecified atom stereocenters. The molecule has 5 nitrogen and oxygen atoms in total. The summed E-state index contributed by atoms with van der Waals surface area (Å²) in [5.74, 6) is 1.19. The first kappa shape index (κ1) is 10.3. The van der Waals surface area contributed by atoms with Gasteiger partial charge in [0.25, 0.3) is 0 Å². The predicted molar refractivity (Wildman–Crippen MR) is 60.7 cm³/mol. The molecular formula is C10H19N5. The van der Waals surface area contributed by atoms with E-state index in [9.17, 15) is 0 Å². The average Bonchev–Trinajstić information content (AvgIpc) is 2.61. The molecule has 0 spiro atoms. The van der Waals surface area contributed by atoms with E-state index in [0.717, 1.165) is 6.54 Å². The highest BCUT2D eigenvalue weighted by Gasteiger charge is 2.19. The third-order valence-corrected chi connectivity index (χ3v) is 2.91. The van der Waals surface area contributed by atoms with Crippen molar-refractivity contribution < 1.29 is 0 Å². The van der Waals surface area contributed by atoms with E-state index in [-0.39, 0.29) is 0 Å². The van der Waals surface area contributed by atoms with E-state index in [4.69, 9.17) is 5.73 Å². The molecule has 0 aliphatic heterocycles. The van der Waals surface area contributed by atoms with Crippen LogP contribution in [0.3, 0.4) is 0 Å². The number of nitrogens with one attached hydrogen (secondary N) is 1. The lowest BCUT2D eigenvalue weighted by atomic mass is 9.96. The molecule has 0 radical (unpaired) electrons. The fourth-order valence-electron chi connectivity index (χ4n) is 2.16. The van der Waals surface area contributed by atoms with Gasteiger partial charge in [-0.3, -0.25) is 0 Å². The topological polar surface area (TPSA) is 68.8 Å². The normalized spacial score (nSPS) is 17.9. The van der Waals surface area contributed by atoms with Gasteiger partial charge >= 0.3 is 0 Å². The molecule has 0 bridgehead atoms. The summed E-state index contributed by atoms with van der Waals surface area (Å²) in [4.78, 5) is 4.19. The van der Waals surface area contributed by atoms with Crippen LogP contribution >= 0.6 is 0 Å². The van der Waals surface area contributed by atoms with Gasteiger partial charge in [-0.15, -0.1) is 5.10 Å². The van der Waals surface area contributed by atoms with Crippen molar-refractivity contribution >= 4 is 11.9 Å². The Bertz CT molecular complexity index is 314. The molecule has 0 saturated heterocycles. The highest BCUT2D eigenvalue weighted by molar-refractivity contribution is 5.31. The standard InChI is InChI=1S/C10H19N5/c1-2-12-10-13-9(11)15(14-10)8-6-4-3-5-7-8/h8H,2-7H2,1H3,(H3,11,12,13,14). The van der Waals surface area contributed by atoms with E-state index in [1.165, 1.54) is 32.1 Å². The van der Waals surface area contributed by atoms with Crippen LogP contribution in [0.5, 0.6) is 0 Å². The fourth-order valence-corrected chi connectivity index (χ4v) is 2.16. The van der Waals surface area contributed by atoms with Crippen molar-refractivity contribution in [3.8, 4) is 0 Å². The van der Waals surface area contributed by atoms with E-state index in [1.807, 2.05) is 11.6 Å². The van der Waals surface area contributed by atoms with Crippen molar-refractivity contribution in [1.29, 1.82) is 0 Å². The van der Waals surface area contributed by atoms with Gasteiger partial charge in [-0.2, -0.15) is 4.98 Å². The first-order valence-corrected chi connectivity index (χ1v) is 5.77. The zero-order valence-electron chi connectivity index (χ0n) is 9.24. The van der Waals surface area contributed by atoms with Crippen molar-refractivity contribution in [3.05, 3.63) is 0 Å². The minimum Gasteiger partial charge on any atom is -0.368 e. The Morgan fingerprint density at radius 2 is 2.13 bits per heavy atom. The lowest BCUT2D eigenvalue weighted by Crippen LogP contribution is -2.16. The summed E-state index contributed by atoms with van der Waals surface area (Å²) in [5, 5.41) is 7.48. The van der Waals surface area contributed by atoms with Crippen molar-refractivity contribution in [3.63, 3.8) is 0 Å². The Hall–Kier alpha value is -1.26. The average molecular weight is 209 g/mol. The van der Waals surface area contributed by atoms with Gasteiger partial charge in [-0.25, -0.2) is 4.68 Å². The highest BCUT2D eigenvalue weighted by atomic mass is 15.4. The minimum absolute atomic E-state index is 0.457. The molecule has 1 aliphatic carbocycles. The van der Waals surface area contributed by atoms with Crippen LogP contribution in [-0.4, -0.2) is 21.3 Å². The molecule has 1 aliphatic rings. The molecule has 84 valence electrons. The molecule has 2 rings (SSSR count). The lowest BCUT2D eigenvalue weighted by molar-refractivity contribution is 0.333. The molecular weight excluding hydrogens is 190 g/mol. The Kier molecular flexibility index (Phi) is 3.08. The second-order valence-corrected chi connectivity index (χ2v) is 4.06. The van der Waals surface area contributed by atoms with Gasteiger partial charge in [0.1, 0.15) is 0 Å². The Balaban J connectivity index is 2.11. The molecule has 3 N–H and O–H groups in total. The summed E-state index contributed by atoms with van der Waals surface area (Å²) in [5.41, 5.74) is 5.85. The predicted octanol–water partition coefficient (Wildman–Crippen LogP) is 1.80. The maximum absolute atomic E-state index is 5.85. The van der Waals surface area contributed by atoms with E-state index >= 15 is 0 Å². The summed E-state index contributed by atoms with van der Waals surface area (Å²) >= 11 is 0. The van der Waals surface area contributed by atoms with Crippen molar-refractivity contribution in [2.75, 3.05) is 17.6 Å². The first-order chi connectivity index (χ1) is 7.31. The van der Waals surface area contributed by atoms with Gasteiger partial charge < -0.3 is 11.1 Å². The quantitative estimate of drug-likeness (QED) is 0.796. The van der Waals surface area contributed by atoms with E-state index in [2.05, 4.69) is 15.4 Å². The number of anilines is 2. The first-order valence-electron chi connectivity index (χ1n) is 5.77. The summed E-state index contributed by atoms with van der Waals surface area (Å²) in [7, 11) is 0. The molecule has 15 heavy (non-hydrogen) atoms. The van der Waals surface area contributed by atoms with Gasteiger partial charge in [0, 0.05) is 6.54 Å². The van der Waals surface area contributed by atoms with Gasteiger partial charge in [-0.05, 0) is 19.8 Å². The number of nitrogens with two attached hydrogens (primary N) is 1. The molecule has 1 fully saturated rings. The molecule has 0 atom stereocenters. The molecule has 1 aromatic heterocycles. The van der Waals surface area contributed by atoms with Crippen LogP contribution in [-0.2, 0) is 0 Å². The maximum Gasteiger partial charge on any atom is 0.243 e. The Labute approximate surface area is 90.1 Å². The molecule has 1 heterocycles. The zero-order chi connectivity index (χ0) is 10.7. The van der Waals surface area contributed by atoms with E-state index in [0.29, 0.717) is 17.9 Å². The van der Waals surface area contributed by atoms with Crippen molar-refractivity contribution in [2.24, 2.45) is 0 Å².